The third-order valence-electron chi connectivity index (χ3n) is 10.5. The number of nitrogens with zero attached hydrogens (tertiary/aromatic N) is 2. The molecule has 2 aromatic heterocycles. The summed E-state index contributed by atoms with van der Waals surface area (Å²) in [5.74, 6) is -0.974. The minimum Gasteiger partial charge on any atom is -0.547 e. The Hall–Kier alpha value is -5.03. The average molecular weight is 933 g/mol. The molecule has 0 N–H and O–H groups in total. The predicted molar refractivity (Wildman–Crippen MR) is 252 cm³/mol. The number of aromatic nitrogens is 2. The van der Waals surface area contributed by atoms with Gasteiger partial charge in [0.2, 0.25) is 0 Å². The number of carboxylic acid groups (broad SMARTS) is 2. The summed E-state index contributed by atoms with van der Waals surface area (Å²) in [5.41, 5.74) is 8.25. The van der Waals surface area contributed by atoms with Gasteiger partial charge in [0, 0.05) is 92.7 Å². The first-order valence-electron chi connectivity index (χ1n) is 21.1. The molecule has 0 aliphatic heterocycles. The van der Waals surface area contributed by atoms with Crippen LogP contribution in [-0.2, 0) is 66.6 Å². The van der Waals surface area contributed by atoms with E-state index in [4.69, 9.17) is 18.9 Å². The molecule has 2 heterocycles. The fraction of sp³-hybridized carbons (Fsp3) is 0.320. The Labute approximate surface area is 403 Å². The largest absolute Gasteiger partial charge is 2.00 e. The summed E-state index contributed by atoms with van der Waals surface area (Å²) in [7, 11) is -1.99. The van der Waals surface area contributed by atoms with Crippen molar-refractivity contribution in [2.75, 3.05) is 38.9 Å². The van der Waals surface area contributed by atoms with Crippen molar-refractivity contribution in [3.63, 3.8) is 0 Å². The van der Waals surface area contributed by atoms with Crippen molar-refractivity contribution in [3.05, 3.63) is 144 Å². The van der Waals surface area contributed by atoms with Crippen LogP contribution in [0.15, 0.2) is 131 Å². The molecule has 0 radical (unpaired) electrons. The second-order valence-electron chi connectivity index (χ2n) is 14.9. The van der Waals surface area contributed by atoms with E-state index < -0.39 is 45.7 Å². The Balaban J connectivity index is 0.000000280. The van der Waals surface area contributed by atoms with Crippen molar-refractivity contribution < 1.29 is 47.2 Å². The Morgan fingerprint density at radius 3 is 1.17 bits per heavy atom. The monoisotopic (exact) mass is 932 g/mol. The van der Waals surface area contributed by atoms with Gasteiger partial charge in [0.1, 0.15) is 36.9 Å². The number of benzene rings is 4. The number of hydrogen-bond acceptors (Lipinski definition) is 10. The maximum atomic E-state index is 11.6. The quantitative estimate of drug-likeness (QED) is 0.0788. The van der Waals surface area contributed by atoms with E-state index in [1.54, 1.807) is 26.4 Å². The fourth-order valence-corrected chi connectivity index (χ4v) is 8.11. The molecule has 340 valence electrons. The van der Waals surface area contributed by atoms with Gasteiger partial charge in [-0.25, -0.2) is 0 Å². The third kappa shape index (κ3) is 15.5. The van der Waals surface area contributed by atoms with Gasteiger partial charge in [-0.2, -0.15) is 0 Å². The fourth-order valence-electron chi connectivity index (χ4n) is 7.08. The summed E-state index contributed by atoms with van der Waals surface area (Å²) >= 11 is 0. The number of aryl methyl sites for hydroxylation is 2. The normalized spacial score (nSPS) is 12.8. The number of carbonyl (C=O) groups excluding carboxylic acids is 2. The standard InChI is InChI=1S/2C25H29NO5S.Mg/c2*1-4-30-24(25(27)28)17-19-6-10-21(11-7-19)31-16-15-26-18(2)5-14-23(26)20-8-12-22(13-9-20)32(3)29;/h2*5-14,24H,4,15-17H2,1-3H3,(H,27,28);/q;;+2/p-2/t2*24-,32?;/m00./s1. The molecular weight excluding hydrogens is 877 g/mol. The second-order valence-corrected chi connectivity index (χ2v) is 17.7. The van der Waals surface area contributed by atoms with Crippen LogP contribution in [0, 0.1) is 13.8 Å². The van der Waals surface area contributed by atoms with Crippen LogP contribution in [0.4, 0.5) is 0 Å². The molecular formula is C50H56MgN2O10S2. The zero-order valence-corrected chi connectivity index (χ0v) is 40.9. The molecule has 0 fully saturated rings. The van der Waals surface area contributed by atoms with Crippen LogP contribution in [0.5, 0.6) is 11.5 Å². The summed E-state index contributed by atoms with van der Waals surface area (Å²) in [6.45, 7) is 10.6. The molecule has 6 aromatic rings. The molecule has 2 unspecified atom stereocenters. The van der Waals surface area contributed by atoms with Crippen molar-refractivity contribution in [1.82, 2.24) is 9.13 Å². The maximum Gasteiger partial charge on any atom is 2.00 e. The molecule has 4 atom stereocenters. The zero-order chi connectivity index (χ0) is 46.2. The second kappa shape index (κ2) is 26.2. The van der Waals surface area contributed by atoms with Crippen LogP contribution in [0.2, 0.25) is 0 Å². The van der Waals surface area contributed by atoms with Crippen LogP contribution >= 0.6 is 0 Å². The molecule has 0 aliphatic rings. The van der Waals surface area contributed by atoms with Crippen LogP contribution < -0.4 is 19.7 Å². The first-order valence-corrected chi connectivity index (χ1v) is 24.2. The van der Waals surface area contributed by atoms with Crippen LogP contribution in [-0.4, -0.2) is 104 Å². The summed E-state index contributed by atoms with van der Waals surface area (Å²) in [5, 5.41) is 22.3. The van der Waals surface area contributed by atoms with E-state index in [0.717, 1.165) is 66.3 Å². The maximum absolute atomic E-state index is 11.6. The molecule has 0 saturated heterocycles. The Kier molecular flexibility index (Phi) is 21.2. The number of hydrogen-bond donors (Lipinski definition) is 0. The molecule has 0 aliphatic carbocycles. The smallest absolute Gasteiger partial charge is 0.547 e. The molecule has 6 rings (SSSR count). The van der Waals surface area contributed by atoms with Crippen molar-refractivity contribution in [2.24, 2.45) is 0 Å². The van der Waals surface area contributed by atoms with Crippen LogP contribution in [0.3, 0.4) is 0 Å². The van der Waals surface area contributed by atoms with Gasteiger partial charge in [0.05, 0.1) is 25.0 Å². The van der Waals surface area contributed by atoms with Gasteiger partial charge >= 0.3 is 23.1 Å². The van der Waals surface area contributed by atoms with Crippen molar-refractivity contribution in [1.29, 1.82) is 0 Å². The van der Waals surface area contributed by atoms with Crippen molar-refractivity contribution in [2.45, 2.75) is 75.6 Å². The molecule has 0 bridgehead atoms. The van der Waals surface area contributed by atoms with E-state index in [1.165, 1.54) is 0 Å². The molecule has 0 amide bonds. The third-order valence-corrected chi connectivity index (χ3v) is 12.4. The average Bonchev–Trinajstić information content (AvgIpc) is 3.85. The molecule has 12 nitrogen and oxygen atoms in total. The van der Waals surface area contributed by atoms with Gasteiger partial charge in [0.15, 0.2) is 0 Å². The van der Waals surface area contributed by atoms with E-state index in [1.807, 2.05) is 97.1 Å². The van der Waals surface area contributed by atoms with Gasteiger partial charge in [-0.1, -0.05) is 48.5 Å². The molecule has 65 heavy (non-hydrogen) atoms. The van der Waals surface area contributed by atoms with Crippen molar-refractivity contribution in [3.8, 4) is 34.0 Å². The van der Waals surface area contributed by atoms with E-state index in [9.17, 15) is 28.2 Å². The van der Waals surface area contributed by atoms with Gasteiger partial charge < -0.3 is 47.9 Å². The van der Waals surface area contributed by atoms with E-state index >= 15 is 0 Å². The number of rotatable bonds is 22. The Bertz CT molecular complexity index is 2290. The summed E-state index contributed by atoms with van der Waals surface area (Å²) in [6.07, 6.45) is 1.96. The van der Waals surface area contributed by atoms with Gasteiger partial charge in [0.25, 0.3) is 0 Å². The minimum absolute atomic E-state index is 0. The SMILES string of the molecule is CCO[C@@H](Cc1ccc(OCCn2c(C)ccc2-c2ccc(S(C)=O)cc2)cc1)C(=O)[O-].CCO[C@@H](Cc1ccc(OCCn2c(C)ccc2-c2ccc(S(C)=O)cc2)cc1)C(=O)[O-].[Mg+2]. The molecule has 4 aromatic carbocycles. The molecule has 15 heteroatoms. The Morgan fingerprint density at radius 1 is 0.538 bits per heavy atom. The minimum atomic E-state index is -1.21. The summed E-state index contributed by atoms with van der Waals surface area (Å²) < 4.78 is 49.9. The molecule has 0 saturated carbocycles. The topological polar surface area (TPSA) is 161 Å². The predicted octanol–water partition coefficient (Wildman–Crippen LogP) is 5.57. The number of aliphatic carboxylic acids is 2. The summed E-state index contributed by atoms with van der Waals surface area (Å²) in [6, 6.07) is 38.5. The van der Waals surface area contributed by atoms with Crippen LogP contribution in [0.1, 0.15) is 36.4 Å². The number of carboxylic acids is 2. The van der Waals surface area contributed by atoms with Gasteiger partial charge in [-0.15, -0.1) is 0 Å². The van der Waals surface area contributed by atoms with Crippen LogP contribution in [0.25, 0.3) is 22.5 Å². The van der Waals surface area contributed by atoms with E-state index in [-0.39, 0.29) is 35.9 Å². The first-order chi connectivity index (χ1) is 30.8. The number of carbonyl (C=O) groups is 2. The first kappa shape index (κ1) is 52.6. The molecule has 0 spiro atoms. The van der Waals surface area contributed by atoms with Gasteiger partial charge in [-0.3, -0.25) is 8.42 Å². The Morgan fingerprint density at radius 2 is 0.877 bits per heavy atom. The summed E-state index contributed by atoms with van der Waals surface area (Å²) in [4.78, 5) is 23.9. The number of ether oxygens (including phenoxy) is 4. The van der Waals surface area contributed by atoms with E-state index in [2.05, 4.69) is 47.2 Å². The zero-order valence-electron chi connectivity index (χ0n) is 37.9. The van der Waals surface area contributed by atoms with Crippen molar-refractivity contribution >= 4 is 56.6 Å². The van der Waals surface area contributed by atoms with E-state index in [0.29, 0.717) is 39.5 Å². The van der Waals surface area contributed by atoms with Gasteiger partial charge in [-0.05, 0) is 123 Å².